The topological polar surface area (TPSA) is 67.4 Å². The fourth-order valence-corrected chi connectivity index (χ4v) is 3.19. The van der Waals surface area contributed by atoms with E-state index in [1.54, 1.807) is 7.11 Å². The molecule has 1 aromatic rings. The van der Waals surface area contributed by atoms with Gasteiger partial charge in [0.1, 0.15) is 18.1 Å². The highest BCUT2D eigenvalue weighted by molar-refractivity contribution is 14.0. The normalized spacial score (nSPS) is 16.1. The van der Waals surface area contributed by atoms with E-state index in [-0.39, 0.29) is 24.0 Å². The summed E-state index contributed by atoms with van der Waals surface area (Å²) in [5.74, 6) is 3.03. The number of halogens is 1. The van der Waals surface area contributed by atoms with Crippen LogP contribution in [0.1, 0.15) is 20.8 Å². The number of nitrogens with one attached hydrogen (secondary N) is 2. The average Bonchev–Trinajstić information content (AvgIpc) is 2.72. The number of benzene rings is 1. The fourth-order valence-electron chi connectivity index (χ4n) is 3.19. The summed E-state index contributed by atoms with van der Waals surface area (Å²) in [7, 11) is 1.66. The third kappa shape index (κ3) is 9.39. The number of rotatable bonds is 10. The van der Waals surface area contributed by atoms with Crippen LogP contribution in [-0.4, -0.2) is 76.6 Å². The SMILES string of the molecule is CCNC(=NCC(C(C)C)N1CCOCC1)NCCOc1ccc(OC)cc1.I. The van der Waals surface area contributed by atoms with E-state index in [0.717, 1.165) is 56.9 Å². The van der Waals surface area contributed by atoms with Gasteiger partial charge >= 0.3 is 0 Å². The van der Waals surface area contributed by atoms with Gasteiger partial charge in [-0.05, 0) is 37.1 Å². The van der Waals surface area contributed by atoms with Gasteiger partial charge in [0.15, 0.2) is 5.96 Å². The minimum absolute atomic E-state index is 0. The van der Waals surface area contributed by atoms with Crippen molar-refractivity contribution < 1.29 is 14.2 Å². The van der Waals surface area contributed by atoms with Crippen molar-refractivity contribution in [3.8, 4) is 11.5 Å². The summed E-state index contributed by atoms with van der Waals surface area (Å²) in [4.78, 5) is 7.31. The summed E-state index contributed by atoms with van der Waals surface area (Å²) in [6.45, 7) is 13.0. The highest BCUT2D eigenvalue weighted by atomic mass is 127. The molecule has 0 amide bonds. The molecule has 29 heavy (non-hydrogen) atoms. The number of methoxy groups -OCH3 is 1. The fraction of sp³-hybridized carbons (Fsp3) is 0.667. The molecular formula is C21H37IN4O3. The highest BCUT2D eigenvalue weighted by Gasteiger charge is 2.23. The number of hydrogen-bond acceptors (Lipinski definition) is 5. The van der Waals surface area contributed by atoms with Gasteiger partial charge in [0.25, 0.3) is 0 Å². The Morgan fingerprint density at radius 3 is 2.38 bits per heavy atom. The van der Waals surface area contributed by atoms with Crippen LogP contribution in [0, 0.1) is 5.92 Å². The molecule has 2 N–H and O–H groups in total. The van der Waals surface area contributed by atoms with E-state index in [0.29, 0.717) is 25.1 Å². The monoisotopic (exact) mass is 520 g/mol. The van der Waals surface area contributed by atoms with E-state index in [1.165, 1.54) is 0 Å². The third-order valence-electron chi connectivity index (χ3n) is 4.79. The molecule has 1 aliphatic rings. The Labute approximate surface area is 192 Å². The standard InChI is InChI=1S/C21H36N4O3.HI/c1-5-22-21(23-10-13-28-19-8-6-18(26-4)7-9-19)24-16-20(17(2)3)25-11-14-27-15-12-25;/h6-9,17,20H,5,10-16H2,1-4H3,(H2,22,23,24);1H. The van der Waals surface area contributed by atoms with Gasteiger partial charge in [-0.3, -0.25) is 9.89 Å². The predicted octanol–water partition coefficient (Wildman–Crippen LogP) is 2.60. The second-order valence-corrected chi connectivity index (χ2v) is 7.13. The average molecular weight is 520 g/mol. The molecule has 0 bridgehead atoms. The van der Waals surface area contributed by atoms with Gasteiger partial charge in [-0.2, -0.15) is 0 Å². The second kappa shape index (κ2) is 14.7. The van der Waals surface area contributed by atoms with E-state index >= 15 is 0 Å². The molecule has 0 aliphatic carbocycles. The molecule has 1 fully saturated rings. The molecule has 0 saturated carbocycles. The Bertz CT molecular complexity index is 578. The van der Waals surface area contributed by atoms with Crippen molar-refractivity contribution >= 4 is 29.9 Å². The lowest BCUT2D eigenvalue weighted by atomic mass is 10.0. The van der Waals surface area contributed by atoms with Gasteiger partial charge in [-0.1, -0.05) is 13.8 Å². The summed E-state index contributed by atoms with van der Waals surface area (Å²) in [5, 5.41) is 6.67. The highest BCUT2D eigenvalue weighted by Crippen LogP contribution is 2.16. The first-order valence-electron chi connectivity index (χ1n) is 10.2. The van der Waals surface area contributed by atoms with Crippen LogP contribution in [0.5, 0.6) is 11.5 Å². The molecule has 8 heteroatoms. The summed E-state index contributed by atoms with van der Waals surface area (Å²) >= 11 is 0. The van der Waals surface area contributed by atoms with Crippen molar-refractivity contribution in [3.63, 3.8) is 0 Å². The first-order chi connectivity index (χ1) is 13.6. The maximum Gasteiger partial charge on any atom is 0.191 e. The maximum absolute atomic E-state index is 5.77. The molecule has 1 unspecified atom stereocenters. The summed E-state index contributed by atoms with van der Waals surface area (Å²) in [5.41, 5.74) is 0. The van der Waals surface area contributed by atoms with Crippen molar-refractivity contribution in [2.45, 2.75) is 26.8 Å². The van der Waals surface area contributed by atoms with E-state index in [1.807, 2.05) is 24.3 Å². The molecule has 1 heterocycles. The van der Waals surface area contributed by atoms with E-state index in [2.05, 4.69) is 36.3 Å². The van der Waals surface area contributed by atoms with E-state index in [9.17, 15) is 0 Å². The lowest BCUT2D eigenvalue weighted by molar-refractivity contribution is 0.00867. The van der Waals surface area contributed by atoms with Gasteiger partial charge in [-0.25, -0.2) is 0 Å². The quantitative estimate of drug-likeness (QED) is 0.214. The zero-order valence-electron chi connectivity index (χ0n) is 18.1. The predicted molar refractivity (Wildman–Crippen MR) is 129 cm³/mol. The van der Waals surface area contributed by atoms with Crippen molar-refractivity contribution in [2.24, 2.45) is 10.9 Å². The van der Waals surface area contributed by atoms with Crippen LogP contribution in [0.25, 0.3) is 0 Å². The first-order valence-corrected chi connectivity index (χ1v) is 10.2. The number of morpholine rings is 1. The Morgan fingerprint density at radius 2 is 1.79 bits per heavy atom. The smallest absolute Gasteiger partial charge is 0.191 e. The molecular weight excluding hydrogens is 483 g/mol. The Hall–Kier alpha value is -1.26. The molecule has 0 aromatic heterocycles. The Balaban J connectivity index is 0.00000420. The number of nitrogens with zero attached hydrogens (tertiary/aromatic N) is 2. The molecule has 0 spiro atoms. The lowest BCUT2D eigenvalue weighted by Crippen LogP contribution is -2.48. The maximum atomic E-state index is 5.77. The molecule has 1 saturated heterocycles. The minimum Gasteiger partial charge on any atom is -0.497 e. The van der Waals surface area contributed by atoms with Gasteiger partial charge in [-0.15, -0.1) is 24.0 Å². The number of aliphatic imine (C=N–C) groups is 1. The summed E-state index contributed by atoms with van der Waals surface area (Å²) < 4.78 is 16.4. The number of ether oxygens (including phenoxy) is 3. The van der Waals surface area contributed by atoms with Crippen LogP contribution in [0.2, 0.25) is 0 Å². The lowest BCUT2D eigenvalue weighted by Gasteiger charge is -2.36. The van der Waals surface area contributed by atoms with Crippen molar-refractivity contribution in [1.82, 2.24) is 15.5 Å². The Kier molecular flexibility index (Phi) is 13.0. The van der Waals surface area contributed by atoms with Crippen LogP contribution >= 0.6 is 24.0 Å². The molecule has 1 aliphatic heterocycles. The molecule has 2 rings (SSSR count). The Morgan fingerprint density at radius 1 is 1.14 bits per heavy atom. The van der Waals surface area contributed by atoms with E-state index < -0.39 is 0 Å². The largest absolute Gasteiger partial charge is 0.497 e. The third-order valence-corrected chi connectivity index (χ3v) is 4.79. The second-order valence-electron chi connectivity index (χ2n) is 7.13. The molecule has 1 aromatic carbocycles. The first kappa shape index (κ1) is 25.8. The zero-order chi connectivity index (χ0) is 20.2. The van der Waals surface area contributed by atoms with Crippen LogP contribution in [-0.2, 0) is 4.74 Å². The van der Waals surface area contributed by atoms with Crippen molar-refractivity contribution in [2.75, 3.05) is 59.7 Å². The van der Waals surface area contributed by atoms with Crippen LogP contribution in [0.3, 0.4) is 0 Å². The summed E-state index contributed by atoms with van der Waals surface area (Å²) in [6, 6.07) is 8.04. The molecule has 0 radical (unpaired) electrons. The van der Waals surface area contributed by atoms with Crippen LogP contribution in [0.15, 0.2) is 29.3 Å². The van der Waals surface area contributed by atoms with Gasteiger partial charge < -0.3 is 24.8 Å². The molecule has 7 nitrogen and oxygen atoms in total. The zero-order valence-corrected chi connectivity index (χ0v) is 20.5. The minimum atomic E-state index is 0. The van der Waals surface area contributed by atoms with Gasteiger partial charge in [0.2, 0.25) is 0 Å². The molecule has 1 atom stereocenters. The van der Waals surface area contributed by atoms with Crippen LogP contribution in [0.4, 0.5) is 0 Å². The van der Waals surface area contributed by atoms with E-state index in [4.69, 9.17) is 19.2 Å². The van der Waals surface area contributed by atoms with Crippen LogP contribution < -0.4 is 20.1 Å². The summed E-state index contributed by atoms with van der Waals surface area (Å²) in [6.07, 6.45) is 0. The van der Waals surface area contributed by atoms with Crippen molar-refractivity contribution in [1.29, 1.82) is 0 Å². The van der Waals surface area contributed by atoms with Gasteiger partial charge in [0, 0.05) is 25.7 Å². The van der Waals surface area contributed by atoms with Crippen molar-refractivity contribution in [3.05, 3.63) is 24.3 Å². The van der Waals surface area contributed by atoms with Gasteiger partial charge in [0.05, 0.1) is 33.4 Å². The molecule has 166 valence electrons. The number of hydrogen-bond donors (Lipinski definition) is 2. The number of guanidine groups is 1.